The quantitative estimate of drug-likeness (QED) is 0.466. The summed E-state index contributed by atoms with van der Waals surface area (Å²) in [6, 6.07) is 0. The molecule has 0 saturated carbocycles. The topological polar surface area (TPSA) is 48.4 Å². The monoisotopic (exact) mass is 363 g/mol. The SMILES string of the molecule is COC(=O)c1c(OC(F)(F)F)cnc(C(F)F)c1CBr. The molecule has 0 unspecified atom stereocenters. The first-order chi connectivity index (χ1) is 9.21. The van der Waals surface area contributed by atoms with Gasteiger partial charge in [-0.1, -0.05) is 15.9 Å². The van der Waals surface area contributed by atoms with E-state index in [1.165, 1.54) is 0 Å². The molecule has 0 saturated heterocycles. The van der Waals surface area contributed by atoms with Gasteiger partial charge in [0.1, 0.15) is 11.3 Å². The van der Waals surface area contributed by atoms with Crippen LogP contribution in [0.5, 0.6) is 5.75 Å². The van der Waals surface area contributed by atoms with Crippen molar-refractivity contribution in [2.75, 3.05) is 7.11 Å². The van der Waals surface area contributed by atoms with Crippen LogP contribution in [0.15, 0.2) is 6.20 Å². The van der Waals surface area contributed by atoms with Crippen LogP contribution in [-0.4, -0.2) is 24.4 Å². The lowest BCUT2D eigenvalue weighted by Crippen LogP contribution is -2.21. The molecule has 10 heteroatoms. The van der Waals surface area contributed by atoms with Gasteiger partial charge in [-0.15, -0.1) is 13.2 Å². The molecule has 0 aromatic carbocycles. The number of aromatic nitrogens is 1. The molecule has 0 aliphatic carbocycles. The van der Waals surface area contributed by atoms with Gasteiger partial charge in [-0.25, -0.2) is 13.6 Å². The lowest BCUT2D eigenvalue weighted by Gasteiger charge is -2.16. The third kappa shape index (κ3) is 3.78. The molecular formula is C10H7BrF5NO3. The Labute approximate surface area is 118 Å². The molecule has 4 nitrogen and oxygen atoms in total. The third-order valence-corrected chi connectivity index (χ3v) is 2.69. The predicted molar refractivity (Wildman–Crippen MR) is 59.8 cm³/mol. The summed E-state index contributed by atoms with van der Waals surface area (Å²) in [5.41, 5.74) is -1.99. The predicted octanol–water partition coefficient (Wildman–Crippen LogP) is 3.60. The number of halogens is 6. The van der Waals surface area contributed by atoms with Crippen LogP contribution < -0.4 is 4.74 Å². The van der Waals surface area contributed by atoms with Gasteiger partial charge in [-0.2, -0.15) is 0 Å². The van der Waals surface area contributed by atoms with Gasteiger partial charge in [0.05, 0.1) is 13.3 Å². The van der Waals surface area contributed by atoms with Crippen LogP contribution in [0.1, 0.15) is 28.0 Å². The van der Waals surface area contributed by atoms with E-state index >= 15 is 0 Å². The van der Waals surface area contributed by atoms with Gasteiger partial charge < -0.3 is 9.47 Å². The highest BCUT2D eigenvalue weighted by Gasteiger charge is 2.35. The summed E-state index contributed by atoms with van der Waals surface area (Å²) >= 11 is 2.82. The molecule has 0 N–H and O–H groups in total. The summed E-state index contributed by atoms with van der Waals surface area (Å²) < 4.78 is 70.0. The molecule has 0 aliphatic rings. The Morgan fingerprint density at radius 3 is 2.45 bits per heavy atom. The first kappa shape index (κ1) is 16.6. The molecule has 0 atom stereocenters. The van der Waals surface area contributed by atoms with E-state index in [0.29, 0.717) is 6.20 Å². The molecule has 112 valence electrons. The van der Waals surface area contributed by atoms with E-state index in [2.05, 4.69) is 30.4 Å². The van der Waals surface area contributed by atoms with Crippen LogP contribution in [0, 0.1) is 0 Å². The highest BCUT2D eigenvalue weighted by molar-refractivity contribution is 9.08. The summed E-state index contributed by atoms with van der Waals surface area (Å²) in [6.07, 6.45) is -7.75. The number of carbonyl (C=O) groups is 1. The van der Waals surface area contributed by atoms with Crippen molar-refractivity contribution >= 4 is 21.9 Å². The van der Waals surface area contributed by atoms with E-state index in [1.807, 2.05) is 0 Å². The normalized spacial score (nSPS) is 11.6. The van der Waals surface area contributed by atoms with Crippen molar-refractivity contribution in [2.24, 2.45) is 0 Å². The van der Waals surface area contributed by atoms with Gasteiger partial charge in [0.15, 0.2) is 5.75 Å². The fourth-order valence-electron chi connectivity index (χ4n) is 1.40. The zero-order valence-corrected chi connectivity index (χ0v) is 11.4. The number of methoxy groups -OCH3 is 1. The molecule has 1 heterocycles. The summed E-state index contributed by atoms with van der Waals surface area (Å²) in [6.45, 7) is 0. The van der Waals surface area contributed by atoms with Crippen molar-refractivity contribution < 1.29 is 36.2 Å². The summed E-state index contributed by atoms with van der Waals surface area (Å²) in [4.78, 5) is 14.7. The van der Waals surface area contributed by atoms with Crippen molar-refractivity contribution in [1.82, 2.24) is 4.98 Å². The summed E-state index contributed by atoms with van der Waals surface area (Å²) in [5.74, 6) is -2.23. The number of esters is 1. The maximum atomic E-state index is 12.7. The van der Waals surface area contributed by atoms with Gasteiger partial charge >= 0.3 is 12.3 Å². The standard InChI is InChI=1S/C10H7BrF5NO3/c1-19-9(18)6-4(2-11)7(8(12)13)17-3-5(6)20-10(14,15)16/h3,8H,2H2,1H3. The second-order valence-corrected chi connectivity index (χ2v) is 3.90. The number of alkyl halides is 6. The number of hydrogen-bond donors (Lipinski definition) is 0. The minimum atomic E-state index is -5.10. The molecule has 0 aliphatic heterocycles. The Morgan fingerprint density at radius 1 is 1.45 bits per heavy atom. The fourth-order valence-corrected chi connectivity index (χ4v) is 1.97. The lowest BCUT2D eigenvalue weighted by atomic mass is 10.1. The van der Waals surface area contributed by atoms with Gasteiger partial charge in [0.2, 0.25) is 0 Å². The van der Waals surface area contributed by atoms with Crippen LogP contribution in [-0.2, 0) is 10.1 Å². The summed E-state index contributed by atoms with van der Waals surface area (Å²) in [5, 5.41) is -0.320. The number of nitrogens with zero attached hydrogens (tertiary/aromatic N) is 1. The zero-order chi connectivity index (χ0) is 15.5. The van der Waals surface area contributed by atoms with E-state index in [1.54, 1.807) is 0 Å². The van der Waals surface area contributed by atoms with Crippen molar-refractivity contribution in [3.63, 3.8) is 0 Å². The van der Waals surface area contributed by atoms with Gasteiger partial charge in [0.25, 0.3) is 6.43 Å². The van der Waals surface area contributed by atoms with Gasteiger partial charge in [0, 0.05) is 10.9 Å². The van der Waals surface area contributed by atoms with Crippen molar-refractivity contribution in [1.29, 1.82) is 0 Å². The maximum Gasteiger partial charge on any atom is 0.573 e. The number of ether oxygens (including phenoxy) is 2. The Bertz CT molecular complexity index is 506. The number of pyridine rings is 1. The average molecular weight is 364 g/mol. The average Bonchev–Trinajstić information content (AvgIpc) is 2.34. The highest BCUT2D eigenvalue weighted by Crippen LogP contribution is 2.34. The molecule has 0 fully saturated rings. The molecule has 1 rings (SSSR count). The number of carbonyl (C=O) groups excluding carboxylic acids is 1. The molecule has 0 radical (unpaired) electrons. The number of rotatable bonds is 4. The molecule has 0 amide bonds. The van der Waals surface area contributed by atoms with Crippen molar-refractivity contribution in [3.8, 4) is 5.75 Å². The minimum Gasteiger partial charge on any atom is -0.465 e. The second-order valence-electron chi connectivity index (χ2n) is 3.33. The van der Waals surface area contributed by atoms with E-state index in [-0.39, 0.29) is 5.33 Å². The number of hydrogen-bond acceptors (Lipinski definition) is 4. The van der Waals surface area contributed by atoms with Crippen molar-refractivity contribution in [2.45, 2.75) is 18.1 Å². The Hall–Kier alpha value is -1.45. The first-order valence-electron chi connectivity index (χ1n) is 4.91. The Morgan fingerprint density at radius 2 is 2.05 bits per heavy atom. The Kier molecular flexibility index (Phi) is 5.26. The molecule has 20 heavy (non-hydrogen) atoms. The van der Waals surface area contributed by atoms with Crippen LogP contribution in [0.25, 0.3) is 0 Å². The second kappa shape index (κ2) is 6.33. The maximum absolute atomic E-state index is 12.7. The molecule has 1 aromatic rings. The van der Waals surface area contributed by atoms with Crippen LogP contribution in [0.2, 0.25) is 0 Å². The third-order valence-electron chi connectivity index (χ3n) is 2.13. The van der Waals surface area contributed by atoms with Crippen molar-refractivity contribution in [3.05, 3.63) is 23.0 Å². The molecular weight excluding hydrogens is 357 g/mol. The highest BCUT2D eigenvalue weighted by atomic mass is 79.9. The molecule has 0 spiro atoms. The summed E-state index contributed by atoms with van der Waals surface area (Å²) in [7, 11) is 0.903. The molecule has 0 bridgehead atoms. The van der Waals surface area contributed by atoms with E-state index in [4.69, 9.17) is 0 Å². The van der Waals surface area contributed by atoms with Crippen LogP contribution in [0.3, 0.4) is 0 Å². The van der Waals surface area contributed by atoms with Gasteiger partial charge in [-0.05, 0) is 0 Å². The zero-order valence-electron chi connectivity index (χ0n) is 9.80. The molecule has 1 aromatic heterocycles. The van der Waals surface area contributed by atoms with E-state index in [0.717, 1.165) is 7.11 Å². The van der Waals surface area contributed by atoms with Crippen LogP contribution >= 0.6 is 15.9 Å². The minimum absolute atomic E-state index is 0.320. The largest absolute Gasteiger partial charge is 0.573 e. The van der Waals surface area contributed by atoms with Gasteiger partial charge in [-0.3, -0.25) is 4.98 Å². The fraction of sp³-hybridized carbons (Fsp3) is 0.400. The first-order valence-corrected chi connectivity index (χ1v) is 6.03. The lowest BCUT2D eigenvalue weighted by molar-refractivity contribution is -0.274. The van der Waals surface area contributed by atoms with Crippen LogP contribution in [0.4, 0.5) is 22.0 Å². The van der Waals surface area contributed by atoms with E-state index in [9.17, 15) is 26.7 Å². The Balaban J connectivity index is 3.49. The smallest absolute Gasteiger partial charge is 0.465 e. The van der Waals surface area contributed by atoms with E-state index < -0.39 is 41.3 Å².